The predicted molar refractivity (Wildman–Crippen MR) is 111 cm³/mol. The summed E-state index contributed by atoms with van der Waals surface area (Å²) >= 11 is 7.12. The van der Waals surface area contributed by atoms with Gasteiger partial charge >= 0.3 is 5.97 Å². The summed E-state index contributed by atoms with van der Waals surface area (Å²) in [5, 5.41) is 4.23. The summed E-state index contributed by atoms with van der Waals surface area (Å²) in [7, 11) is 0. The number of esters is 1. The van der Waals surface area contributed by atoms with Gasteiger partial charge in [0.2, 0.25) is 17.9 Å². The minimum absolute atomic E-state index is 0.0632. The van der Waals surface area contributed by atoms with Crippen LogP contribution in [-0.4, -0.2) is 51.8 Å². The highest BCUT2D eigenvalue weighted by Gasteiger charge is 2.56. The zero-order valence-corrected chi connectivity index (χ0v) is 18.1. The molecule has 3 rings (SSSR count). The number of hydrogen-bond donors (Lipinski definition) is 1. The van der Waals surface area contributed by atoms with E-state index in [1.54, 1.807) is 45.0 Å². The maximum Gasteiger partial charge on any atom is 0.335 e. The molecule has 2 amide bonds. The summed E-state index contributed by atoms with van der Waals surface area (Å²) < 4.78 is 5.39. The number of β-lactam (4-membered cyclic amide) rings is 1. The summed E-state index contributed by atoms with van der Waals surface area (Å²) in [5.74, 6) is -1.49. The van der Waals surface area contributed by atoms with E-state index in [4.69, 9.17) is 16.3 Å². The fourth-order valence-electron chi connectivity index (χ4n) is 3.17. The first kappa shape index (κ1) is 22.1. The Kier molecular flexibility index (Phi) is 6.36. The van der Waals surface area contributed by atoms with E-state index >= 15 is 0 Å². The third-order valence-corrected chi connectivity index (χ3v) is 5.73. The van der Waals surface area contributed by atoms with Crippen LogP contribution in [0.25, 0.3) is 0 Å². The molecule has 0 spiro atoms. The van der Waals surface area contributed by atoms with Gasteiger partial charge in [0.15, 0.2) is 6.04 Å². The van der Waals surface area contributed by atoms with Gasteiger partial charge in [-0.1, -0.05) is 23.7 Å². The van der Waals surface area contributed by atoms with Gasteiger partial charge in [0, 0.05) is 5.02 Å². The summed E-state index contributed by atoms with van der Waals surface area (Å²) in [5.41, 5.74) is 0.0117. The van der Waals surface area contributed by atoms with Crippen molar-refractivity contribution in [1.82, 2.24) is 10.2 Å². The van der Waals surface area contributed by atoms with Crippen LogP contribution in [0.5, 0.6) is 0 Å². The van der Waals surface area contributed by atoms with Gasteiger partial charge in [0.1, 0.15) is 17.0 Å². The number of rotatable bonds is 5. The van der Waals surface area contributed by atoms with Crippen LogP contribution in [-0.2, 0) is 30.3 Å². The average molecular weight is 450 g/mol. The van der Waals surface area contributed by atoms with Crippen molar-refractivity contribution in [2.45, 2.75) is 50.3 Å². The van der Waals surface area contributed by atoms with Gasteiger partial charge < -0.3 is 15.0 Å². The number of carbonyl (C=O) groups is 3. The van der Waals surface area contributed by atoms with Crippen LogP contribution in [0, 0.1) is 0 Å². The first-order valence-corrected chi connectivity index (χ1v) is 10.4. The van der Waals surface area contributed by atoms with E-state index in [2.05, 4.69) is 10.3 Å². The Labute approximate surface area is 182 Å². The number of halogens is 1. The fourth-order valence-corrected chi connectivity index (χ4v) is 4.54. The molecule has 0 aliphatic carbocycles. The normalized spacial score (nSPS) is 22.8. The van der Waals surface area contributed by atoms with Crippen LogP contribution in [0.2, 0.25) is 5.02 Å². The van der Waals surface area contributed by atoms with Crippen LogP contribution in [0.15, 0.2) is 40.4 Å². The topological polar surface area (TPSA) is 105 Å². The molecular formula is C20H20ClN3O5S. The number of thioether (sulfide) groups is 1. The van der Waals surface area contributed by atoms with Crippen molar-refractivity contribution in [2.24, 2.45) is 4.99 Å². The fraction of sp³-hybridized carbons (Fsp3) is 0.400. The molecule has 2 heterocycles. The van der Waals surface area contributed by atoms with Crippen LogP contribution < -0.4 is 5.32 Å². The minimum Gasteiger partial charge on any atom is -0.458 e. The van der Waals surface area contributed by atoms with Crippen molar-refractivity contribution in [3.63, 3.8) is 0 Å². The summed E-state index contributed by atoms with van der Waals surface area (Å²) in [4.78, 5) is 53.5. The number of fused-ring (bicyclic) bond motifs is 1. The second-order valence-corrected chi connectivity index (χ2v) is 9.23. The third-order valence-electron chi connectivity index (χ3n) is 4.34. The van der Waals surface area contributed by atoms with Crippen molar-refractivity contribution < 1.29 is 23.9 Å². The lowest BCUT2D eigenvalue weighted by Gasteiger charge is -2.51. The standard InChI is InChI=1S/C20H20ClN3O5S/c1-20(2,3)29-19(28)16-13(22-10-25)9-30-18-15(17(27)24(16)18)23-14(26)8-11-5-4-6-12(21)7-11/h4-7,9,15-16,18H,8H2,1-3H3,(H,23,26)/t15?,16?,18-/m1/s1. The molecule has 30 heavy (non-hydrogen) atoms. The van der Waals surface area contributed by atoms with Crippen molar-refractivity contribution in [1.29, 1.82) is 0 Å². The number of nitrogens with zero attached hydrogens (tertiary/aromatic N) is 2. The molecule has 1 saturated heterocycles. The molecule has 8 nitrogen and oxygen atoms in total. The second kappa shape index (κ2) is 8.63. The quantitative estimate of drug-likeness (QED) is 0.319. The lowest BCUT2D eigenvalue weighted by molar-refractivity contribution is -0.170. The van der Waals surface area contributed by atoms with E-state index in [1.807, 2.05) is 0 Å². The summed E-state index contributed by atoms with van der Waals surface area (Å²) in [6.45, 7) is 5.09. The van der Waals surface area contributed by atoms with E-state index in [1.165, 1.54) is 28.1 Å². The van der Waals surface area contributed by atoms with Crippen LogP contribution >= 0.6 is 23.4 Å². The maximum absolute atomic E-state index is 12.8. The number of ether oxygens (including phenoxy) is 1. The van der Waals surface area contributed by atoms with Crippen molar-refractivity contribution in [3.8, 4) is 0 Å². The second-order valence-electron chi connectivity index (χ2n) is 7.81. The molecule has 1 N–H and O–H groups in total. The Bertz CT molecular complexity index is 967. The van der Waals surface area contributed by atoms with Gasteiger partial charge in [-0.3, -0.25) is 9.59 Å². The monoisotopic (exact) mass is 449 g/mol. The van der Waals surface area contributed by atoms with Gasteiger partial charge in [-0.15, -0.1) is 11.8 Å². The molecule has 1 aromatic rings. The molecule has 0 saturated carbocycles. The van der Waals surface area contributed by atoms with Gasteiger partial charge in [-0.25, -0.2) is 9.59 Å². The molecule has 158 valence electrons. The molecule has 3 atom stereocenters. The number of hydrogen-bond acceptors (Lipinski definition) is 7. The van der Waals surface area contributed by atoms with Gasteiger partial charge in [-0.05, 0) is 43.9 Å². The number of amides is 2. The van der Waals surface area contributed by atoms with Crippen LogP contribution in [0.3, 0.4) is 0 Å². The molecule has 10 heteroatoms. The van der Waals surface area contributed by atoms with Crippen LogP contribution in [0.1, 0.15) is 26.3 Å². The van der Waals surface area contributed by atoms with E-state index in [0.29, 0.717) is 10.6 Å². The van der Waals surface area contributed by atoms with E-state index in [0.717, 1.165) is 0 Å². The Balaban J connectivity index is 1.74. The molecule has 1 aromatic carbocycles. The molecule has 0 bridgehead atoms. The maximum atomic E-state index is 12.8. The van der Waals surface area contributed by atoms with Gasteiger partial charge in [0.05, 0.1) is 12.1 Å². The SMILES string of the molecule is CC(C)(C)OC(=O)C1C(N=C=O)=CS[C@@H]2C(NC(=O)Cc3cccc(Cl)c3)C(=O)N12. The highest BCUT2D eigenvalue weighted by molar-refractivity contribution is 8.02. The molecular weight excluding hydrogens is 430 g/mol. The van der Waals surface area contributed by atoms with Crippen LogP contribution in [0.4, 0.5) is 0 Å². The highest BCUT2D eigenvalue weighted by Crippen LogP contribution is 2.41. The Morgan fingerprint density at radius 2 is 2.10 bits per heavy atom. The molecule has 0 radical (unpaired) electrons. The Morgan fingerprint density at radius 1 is 1.37 bits per heavy atom. The zero-order valence-electron chi connectivity index (χ0n) is 16.5. The van der Waals surface area contributed by atoms with Gasteiger partial charge in [-0.2, -0.15) is 4.99 Å². The average Bonchev–Trinajstić information content (AvgIpc) is 2.64. The van der Waals surface area contributed by atoms with Gasteiger partial charge in [0.25, 0.3) is 0 Å². The number of aliphatic imine (C=N–C) groups is 1. The number of carbonyl (C=O) groups excluding carboxylic acids is 4. The molecule has 2 unspecified atom stereocenters. The van der Waals surface area contributed by atoms with E-state index in [-0.39, 0.29) is 18.0 Å². The van der Waals surface area contributed by atoms with Crippen molar-refractivity contribution in [3.05, 3.63) is 46.0 Å². The Morgan fingerprint density at radius 3 is 2.73 bits per heavy atom. The molecule has 0 aromatic heterocycles. The predicted octanol–water partition coefficient (Wildman–Crippen LogP) is 2.17. The minimum atomic E-state index is -1.16. The Hall–Kier alpha value is -2.61. The summed E-state index contributed by atoms with van der Waals surface area (Å²) in [6, 6.07) is 4.92. The molecule has 1 fully saturated rings. The van der Waals surface area contributed by atoms with E-state index < -0.39 is 34.9 Å². The van der Waals surface area contributed by atoms with Crippen molar-refractivity contribution >= 4 is 47.2 Å². The zero-order chi connectivity index (χ0) is 22.1. The number of nitrogens with one attached hydrogen (secondary N) is 1. The third kappa shape index (κ3) is 4.75. The number of benzene rings is 1. The molecule has 2 aliphatic heterocycles. The first-order chi connectivity index (χ1) is 14.1. The first-order valence-electron chi connectivity index (χ1n) is 9.13. The number of isocyanates is 1. The smallest absolute Gasteiger partial charge is 0.335 e. The van der Waals surface area contributed by atoms with Crippen molar-refractivity contribution in [2.75, 3.05) is 0 Å². The lowest BCUT2D eigenvalue weighted by Crippen LogP contribution is -2.74. The van der Waals surface area contributed by atoms with E-state index in [9.17, 15) is 19.2 Å². The molecule has 2 aliphatic rings. The summed E-state index contributed by atoms with van der Waals surface area (Å²) in [6.07, 6.45) is 1.47. The largest absolute Gasteiger partial charge is 0.458 e. The highest BCUT2D eigenvalue weighted by atomic mass is 35.5. The lowest BCUT2D eigenvalue weighted by atomic mass is 10.0.